The third kappa shape index (κ3) is 4.26. The summed E-state index contributed by atoms with van der Waals surface area (Å²) in [5.41, 5.74) is 7.64. The van der Waals surface area contributed by atoms with Gasteiger partial charge in [-0.05, 0) is 23.8 Å². The van der Waals surface area contributed by atoms with Crippen molar-refractivity contribution in [3.63, 3.8) is 0 Å². The molecule has 3 N–H and O–H groups in total. The Labute approximate surface area is 139 Å². The maximum absolute atomic E-state index is 5.91. The van der Waals surface area contributed by atoms with Crippen LogP contribution in [0.2, 0.25) is 5.15 Å². The number of nitrogens with two attached hydrogens (primary N) is 1. The standard InChI is InChI=1S/C16H17ClN4O2/c17-15-5-2-11(9-19-15)10-20-16(18)21-12-3-4-13-14(8-12)23-7-1-6-22-13/h2-5,8-9H,1,6-7,10H2,(H3,18,20,21). The molecule has 0 atom stereocenters. The molecule has 1 aliphatic heterocycles. The number of nitrogens with zero attached hydrogens (tertiary/aromatic N) is 2. The second kappa shape index (κ2) is 7.19. The first kappa shape index (κ1) is 15.4. The first-order valence-corrected chi connectivity index (χ1v) is 7.65. The molecule has 1 aromatic carbocycles. The zero-order valence-corrected chi connectivity index (χ0v) is 13.2. The van der Waals surface area contributed by atoms with Gasteiger partial charge in [-0.3, -0.25) is 0 Å². The van der Waals surface area contributed by atoms with E-state index < -0.39 is 0 Å². The summed E-state index contributed by atoms with van der Waals surface area (Å²) in [5.74, 6) is 1.77. The van der Waals surface area contributed by atoms with E-state index in [0.717, 1.165) is 23.4 Å². The van der Waals surface area contributed by atoms with Crippen LogP contribution in [0, 0.1) is 0 Å². The Bertz CT molecular complexity index is 704. The van der Waals surface area contributed by atoms with E-state index in [1.165, 1.54) is 0 Å². The lowest BCUT2D eigenvalue weighted by molar-refractivity contribution is 0.297. The van der Waals surface area contributed by atoms with Gasteiger partial charge in [-0.15, -0.1) is 0 Å². The van der Waals surface area contributed by atoms with E-state index in [1.54, 1.807) is 12.3 Å². The van der Waals surface area contributed by atoms with E-state index in [0.29, 0.717) is 36.6 Å². The highest BCUT2D eigenvalue weighted by Crippen LogP contribution is 2.32. The Kier molecular flexibility index (Phi) is 4.83. The summed E-state index contributed by atoms with van der Waals surface area (Å²) in [6, 6.07) is 9.17. The smallest absolute Gasteiger partial charge is 0.193 e. The Morgan fingerprint density at radius 1 is 1.22 bits per heavy atom. The van der Waals surface area contributed by atoms with Gasteiger partial charge in [0.2, 0.25) is 0 Å². The molecule has 0 bridgehead atoms. The number of benzene rings is 1. The minimum absolute atomic E-state index is 0.314. The number of ether oxygens (including phenoxy) is 2. The normalized spacial score (nSPS) is 14.2. The average Bonchev–Trinajstić information content (AvgIpc) is 2.79. The fourth-order valence-electron chi connectivity index (χ4n) is 2.10. The van der Waals surface area contributed by atoms with Crippen molar-refractivity contribution < 1.29 is 9.47 Å². The van der Waals surface area contributed by atoms with Crippen LogP contribution in [0.5, 0.6) is 11.5 Å². The molecular weight excluding hydrogens is 316 g/mol. The number of hydrogen-bond acceptors (Lipinski definition) is 4. The fraction of sp³-hybridized carbons (Fsp3) is 0.250. The van der Waals surface area contributed by atoms with Gasteiger partial charge in [-0.25, -0.2) is 9.98 Å². The van der Waals surface area contributed by atoms with E-state index in [-0.39, 0.29) is 0 Å². The van der Waals surface area contributed by atoms with Gasteiger partial charge >= 0.3 is 0 Å². The quantitative estimate of drug-likeness (QED) is 0.513. The van der Waals surface area contributed by atoms with Crippen LogP contribution in [0.1, 0.15) is 12.0 Å². The van der Waals surface area contributed by atoms with Gasteiger partial charge in [0.15, 0.2) is 17.5 Å². The Balaban J connectivity index is 1.65. The number of hydrogen-bond donors (Lipinski definition) is 2. The molecule has 120 valence electrons. The topological polar surface area (TPSA) is 81.8 Å². The summed E-state index contributed by atoms with van der Waals surface area (Å²) in [4.78, 5) is 8.28. The molecule has 23 heavy (non-hydrogen) atoms. The number of halogens is 1. The number of nitrogens with one attached hydrogen (secondary N) is 1. The van der Waals surface area contributed by atoms with Crippen LogP contribution >= 0.6 is 11.6 Å². The Morgan fingerprint density at radius 2 is 2.04 bits per heavy atom. The summed E-state index contributed by atoms with van der Waals surface area (Å²) in [7, 11) is 0. The summed E-state index contributed by atoms with van der Waals surface area (Å²) < 4.78 is 11.2. The van der Waals surface area contributed by atoms with Crippen LogP contribution in [0.15, 0.2) is 41.5 Å². The highest BCUT2D eigenvalue weighted by Gasteiger charge is 2.10. The molecule has 0 spiro atoms. The maximum Gasteiger partial charge on any atom is 0.193 e. The highest BCUT2D eigenvalue weighted by molar-refractivity contribution is 6.29. The van der Waals surface area contributed by atoms with Crippen molar-refractivity contribution in [2.75, 3.05) is 18.5 Å². The zero-order chi connectivity index (χ0) is 16.1. The number of guanidine groups is 1. The van der Waals surface area contributed by atoms with Crippen LogP contribution in [0.4, 0.5) is 5.69 Å². The largest absolute Gasteiger partial charge is 0.490 e. The number of aromatic nitrogens is 1. The third-order valence-corrected chi connectivity index (χ3v) is 3.46. The second-order valence-electron chi connectivity index (χ2n) is 5.03. The lowest BCUT2D eigenvalue weighted by Gasteiger charge is -2.10. The lowest BCUT2D eigenvalue weighted by atomic mass is 10.2. The van der Waals surface area contributed by atoms with Crippen molar-refractivity contribution in [2.45, 2.75) is 13.0 Å². The van der Waals surface area contributed by atoms with Gasteiger partial charge in [-0.1, -0.05) is 17.7 Å². The van der Waals surface area contributed by atoms with E-state index in [4.69, 9.17) is 26.8 Å². The molecule has 3 rings (SSSR count). The Hall–Kier alpha value is -2.47. The monoisotopic (exact) mass is 332 g/mol. The van der Waals surface area contributed by atoms with Gasteiger partial charge in [0.25, 0.3) is 0 Å². The maximum atomic E-state index is 5.91. The molecular formula is C16H17ClN4O2. The van der Waals surface area contributed by atoms with Crippen molar-refractivity contribution in [1.29, 1.82) is 0 Å². The predicted molar refractivity (Wildman–Crippen MR) is 90.2 cm³/mol. The van der Waals surface area contributed by atoms with Crippen LogP contribution < -0.4 is 20.5 Å². The van der Waals surface area contributed by atoms with Crippen LogP contribution in [0.25, 0.3) is 0 Å². The predicted octanol–water partition coefficient (Wildman–Crippen LogP) is 2.82. The number of aliphatic imine (C=N–C) groups is 1. The van der Waals surface area contributed by atoms with Gasteiger partial charge in [0.1, 0.15) is 5.15 Å². The lowest BCUT2D eigenvalue weighted by Crippen LogP contribution is -2.22. The van der Waals surface area contributed by atoms with E-state index in [9.17, 15) is 0 Å². The molecule has 0 unspecified atom stereocenters. The molecule has 0 saturated carbocycles. The number of anilines is 1. The number of pyridine rings is 1. The molecule has 6 nitrogen and oxygen atoms in total. The van der Waals surface area contributed by atoms with Gasteiger partial charge in [0, 0.05) is 24.4 Å². The molecule has 0 amide bonds. The molecule has 7 heteroatoms. The van der Waals surface area contributed by atoms with Crippen LogP contribution in [-0.2, 0) is 6.54 Å². The van der Waals surface area contributed by atoms with E-state index in [1.807, 2.05) is 24.3 Å². The molecule has 2 heterocycles. The molecule has 1 aliphatic rings. The molecule has 0 fully saturated rings. The number of fused-ring (bicyclic) bond motifs is 1. The summed E-state index contributed by atoms with van der Waals surface area (Å²) in [6.45, 7) is 1.73. The van der Waals surface area contributed by atoms with Gasteiger partial charge in [0.05, 0.1) is 19.8 Å². The summed E-state index contributed by atoms with van der Waals surface area (Å²) in [5, 5.41) is 3.49. The molecule has 0 saturated heterocycles. The fourth-order valence-corrected chi connectivity index (χ4v) is 2.22. The number of rotatable bonds is 3. The van der Waals surface area contributed by atoms with Gasteiger partial charge < -0.3 is 20.5 Å². The van der Waals surface area contributed by atoms with Crippen LogP contribution in [-0.4, -0.2) is 24.2 Å². The van der Waals surface area contributed by atoms with Crippen molar-refractivity contribution >= 4 is 23.2 Å². The van der Waals surface area contributed by atoms with Crippen molar-refractivity contribution in [1.82, 2.24) is 4.98 Å². The molecule has 1 aromatic heterocycles. The second-order valence-corrected chi connectivity index (χ2v) is 5.41. The minimum Gasteiger partial charge on any atom is -0.490 e. The van der Waals surface area contributed by atoms with Gasteiger partial charge in [-0.2, -0.15) is 0 Å². The zero-order valence-electron chi connectivity index (χ0n) is 12.5. The van der Waals surface area contributed by atoms with E-state index >= 15 is 0 Å². The van der Waals surface area contributed by atoms with Crippen molar-refractivity contribution in [3.05, 3.63) is 47.2 Å². The highest BCUT2D eigenvalue weighted by atomic mass is 35.5. The minimum atomic E-state index is 0.314. The van der Waals surface area contributed by atoms with Crippen molar-refractivity contribution in [2.24, 2.45) is 10.7 Å². The SMILES string of the molecule is NC(=NCc1ccc(Cl)nc1)Nc1ccc2c(c1)OCCCO2. The molecule has 0 aliphatic carbocycles. The van der Waals surface area contributed by atoms with Crippen LogP contribution in [0.3, 0.4) is 0 Å². The molecule has 2 aromatic rings. The Morgan fingerprint density at radius 3 is 2.83 bits per heavy atom. The first-order valence-electron chi connectivity index (χ1n) is 7.28. The average molecular weight is 333 g/mol. The summed E-state index contributed by atoms with van der Waals surface area (Å²) >= 11 is 5.75. The molecule has 0 radical (unpaired) electrons. The van der Waals surface area contributed by atoms with E-state index in [2.05, 4.69) is 15.3 Å². The van der Waals surface area contributed by atoms with Crippen molar-refractivity contribution in [3.8, 4) is 11.5 Å². The third-order valence-electron chi connectivity index (χ3n) is 3.24. The first-order chi connectivity index (χ1) is 11.2. The summed E-state index contributed by atoms with van der Waals surface area (Å²) in [6.07, 6.45) is 2.54.